The summed E-state index contributed by atoms with van der Waals surface area (Å²) in [5, 5.41) is 0. The molecule has 0 aromatic carbocycles. The lowest BCUT2D eigenvalue weighted by Crippen LogP contribution is -1.98. The third-order valence-corrected chi connectivity index (χ3v) is 3.02. The molecule has 1 rings (SSSR count). The van der Waals surface area contributed by atoms with Gasteiger partial charge in [-0.05, 0) is 55.2 Å². The fourth-order valence-corrected chi connectivity index (χ4v) is 1.83. The summed E-state index contributed by atoms with van der Waals surface area (Å²) >= 11 is 0. The number of esters is 1. The molecule has 0 amide bonds. The summed E-state index contributed by atoms with van der Waals surface area (Å²) in [6, 6.07) is 3.60. The highest BCUT2D eigenvalue weighted by molar-refractivity contribution is 5.68. The molecule has 0 aliphatic rings. The quantitative estimate of drug-likeness (QED) is 0.412. The normalized spacial score (nSPS) is 9.68. The van der Waals surface area contributed by atoms with Crippen molar-refractivity contribution in [3.05, 3.63) is 36.3 Å². The minimum atomic E-state index is -0.114. The van der Waals surface area contributed by atoms with E-state index in [9.17, 15) is 4.79 Å². The number of methoxy groups -OCH3 is 1. The van der Waals surface area contributed by atoms with Crippen molar-refractivity contribution in [3.8, 4) is 23.7 Å². The minimum absolute atomic E-state index is 0.114. The molecule has 0 N–H and O–H groups in total. The Balaban J connectivity index is 1.97. The maximum absolute atomic E-state index is 10.9. The molecule has 116 valence electrons. The van der Waals surface area contributed by atoms with E-state index in [0.29, 0.717) is 12.2 Å². The van der Waals surface area contributed by atoms with Gasteiger partial charge in [-0.2, -0.15) is 0 Å². The highest BCUT2D eigenvalue weighted by Gasteiger charge is 1.98. The van der Waals surface area contributed by atoms with Crippen molar-refractivity contribution in [2.45, 2.75) is 44.9 Å². The molecule has 0 fully saturated rings. The molecule has 0 aliphatic carbocycles. The number of furan rings is 1. The smallest absolute Gasteiger partial charge is 0.305 e. The van der Waals surface area contributed by atoms with Gasteiger partial charge in [0.05, 0.1) is 13.4 Å². The van der Waals surface area contributed by atoms with Gasteiger partial charge in [-0.3, -0.25) is 4.79 Å². The van der Waals surface area contributed by atoms with Crippen LogP contribution in [0.25, 0.3) is 0 Å². The molecule has 0 saturated carbocycles. The maximum atomic E-state index is 10.9. The Hall–Kier alpha value is -2.39. The van der Waals surface area contributed by atoms with E-state index in [2.05, 4.69) is 34.5 Å². The van der Waals surface area contributed by atoms with Crippen LogP contribution in [0, 0.1) is 23.7 Å². The summed E-state index contributed by atoms with van der Waals surface area (Å²) in [4.78, 5) is 10.9. The van der Waals surface area contributed by atoms with Gasteiger partial charge in [-0.25, -0.2) is 0 Å². The van der Waals surface area contributed by atoms with Gasteiger partial charge in [0.15, 0.2) is 5.76 Å². The van der Waals surface area contributed by atoms with Gasteiger partial charge in [0.2, 0.25) is 0 Å². The number of rotatable bonds is 8. The van der Waals surface area contributed by atoms with Gasteiger partial charge < -0.3 is 9.15 Å². The molecule has 0 aliphatic heterocycles. The van der Waals surface area contributed by atoms with Crippen LogP contribution in [0.2, 0.25) is 0 Å². The van der Waals surface area contributed by atoms with Gasteiger partial charge in [-0.15, -0.1) is 0 Å². The van der Waals surface area contributed by atoms with Gasteiger partial charge in [-0.1, -0.05) is 31.3 Å². The molecule has 3 nitrogen and oxygen atoms in total. The van der Waals surface area contributed by atoms with Crippen molar-refractivity contribution >= 4 is 5.97 Å². The Morgan fingerprint density at radius 3 is 2.82 bits per heavy atom. The largest absolute Gasteiger partial charge is 0.469 e. The first-order chi connectivity index (χ1) is 10.8. The lowest BCUT2D eigenvalue weighted by molar-refractivity contribution is -0.140. The van der Waals surface area contributed by atoms with Crippen molar-refractivity contribution in [1.29, 1.82) is 0 Å². The average Bonchev–Trinajstić information content (AvgIpc) is 3.04. The highest BCUT2D eigenvalue weighted by Crippen LogP contribution is 2.07. The van der Waals surface area contributed by atoms with E-state index in [-0.39, 0.29) is 5.97 Å². The molecule has 22 heavy (non-hydrogen) atoms. The summed E-state index contributed by atoms with van der Waals surface area (Å²) in [6.07, 6.45) is 12.5. The van der Waals surface area contributed by atoms with E-state index < -0.39 is 0 Å². The zero-order chi connectivity index (χ0) is 15.9. The third kappa shape index (κ3) is 9.50. The Morgan fingerprint density at radius 2 is 2.05 bits per heavy atom. The number of carbonyl (C=O) groups excluding carboxylic acids is 1. The molecule has 3 heteroatoms. The predicted molar refractivity (Wildman–Crippen MR) is 86.8 cm³/mol. The summed E-state index contributed by atoms with van der Waals surface area (Å²) < 4.78 is 9.66. The first-order valence-corrected chi connectivity index (χ1v) is 7.60. The van der Waals surface area contributed by atoms with Crippen LogP contribution in [0.1, 0.15) is 50.7 Å². The van der Waals surface area contributed by atoms with Crippen LogP contribution in [0.5, 0.6) is 0 Å². The molecule has 0 unspecified atom stereocenters. The minimum Gasteiger partial charge on any atom is -0.469 e. The number of hydrogen-bond donors (Lipinski definition) is 0. The van der Waals surface area contributed by atoms with Crippen LogP contribution in [0.3, 0.4) is 0 Å². The zero-order valence-corrected chi connectivity index (χ0v) is 13.1. The second-order valence-corrected chi connectivity index (χ2v) is 4.78. The molecule has 0 spiro atoms. The van der Waals surface area contributed by atoms with Crippen LogP contribution in [0.15, 0.2) is 35.0 Å². The molecule has 1 heterocycles. The monoisotopic (exact) mass is 298 g/mol. The van der Waals surface area contributed by atoms with E-state index in [1.54, 1.807) is 18.4 Å². The van der Waals surface area contributed by atoms with Crippen molar-refractivity contribution in [2.75, 3.05) is 7.11 Å². The Morgan fingerprint density at radius 1 is 1.23 bits per heavy atom. The Labute approximate surface area is 132 Å². The van der Waals surface area contributed by atoms with Crippen molar-refractivity contribution in [3.63, 3.8) is 0 Å². The van der Waals surface area contributed by atoms with Crippen molar-refractivity contribution in [2.24, 2.45) is 0 Å². The number of allylic oxidation sites excluding steroid dienone is 2. The second-order valence-electron chi connectivity index (χ2n) is 4.78. The fourth-order valence-electron chi connectivity index (χ4n) is 1.83. The number of hydrogen-bond acceptors (Lipinski definition) is 3. The molecule has 0 atom stereocenters. The molecule has 1 aromatic rings. The second kappa shape index (κ2) is 12.4. The summed E-state index contributed by atoms with van der Waals surface area (Å²) in [7, 11) is 1.43. The summed E-state index contributed by atoms with van der Waals surface area (Å²) in [6.45, 7) is 0. The zero-order valence-electron chi connectivity index (χ0n) is 13.1. The van der Waals surface area contributed by atoms with Gasteiger partial charge in [0.1, 0.15) is 0 Å². The van der Waals surface area contributed by atoms with E-state index >= 15 is 0 Å². The summed E-state index contributed by atoms with van der Waals surface area (Å²) in [5.74, 6) is 11.7. The maximum Gasteiger partial charge on any atom is 0.305 e. The molecular weight excluding hydrogens is 276 g/mol. The standard InChI is InChI=1S/C19H22O3/c1-21-19(20)16-12-10-8-6-4-2-3-5-7-9-11-14-18-15-13-17-22-18/h3,5,13,15,17H,2,4,6,8,10,12,16H2,1H3/b5-3-. The SMILES string of the molecule is COC(=O)CCCCCCC/C=C\C#CC#Cc1ccco1. The molecule has 1 aromatic heterocycles. The summed E-state index contributed by atoms with van der Waals surface area (Å²) in [5.41, 5.74) is 0. The number of unbranched alkanes of at least 4 members (excludes halogenated alkanes) is 5. The van der Waals surface area contributed by atoms with E-state index in [1.807, 2.05) is 6.08 Å². The molecule has 0 bridgehead atoms. The third-order valence-electron chi connectivity index (χ3n) is 3.02. The Bertz CT molecular complexity index is 559. The van der Waals surface area contributed by atoms with Crippen LogP contribution >= 0.6 is 0 Å². The Kier molecular flexibility index (Phi) is 9.92. The van der Waals surface area contributed by atoms with Crippen LogP contribution in [-0.4, -0.2) is 13.1 Å². The van der Waals surface area contributed by atoms with Crippen LogP contribution in [0.4, 0.5) is 0 Å². The molecule has 0 saturated heterocycles. The van der Waals surface area contributed by atoms with Gasteiger partial charge >= 0.3 is 5.97 Å². The van der Waals surface area contributed by atoms with Crippen LogP contribution < -0.4 is 0 Å². The van der Waals surface area contributed by atoms with Crippen molar-refractivity contribution in [1.82, 2.24) is 0 Å². The van der Waals surface area contributed by atoms with E-state index in [1.165, 1.54) is 13.5 Å². The van der Waals surface area contributed by atoms with Gasteiger partial charge in [0.25, 0.3) is 0 Å². The topological polar surface area (TPSA) is 39.4 Å². The first kappa shape index (κ1) is 17.7. The number of ether oxygens (including phenoxy) is 1. The highest BCUT2D eigenvalue weighted by atomic mass is 16.5. The first-order valence-electron chi connectivity index (χ1n) is 7.60. The fraction of sp³-hybridized carbons (Fsp3) is 0.421. The van der Waals surface area contributed by atoms with Gasteiger partial charge in [0, 0.05) is 6.42 Å². The predicted octanol–water partition coefficient (Wildman–Crippen LogP) is 4.09. The van der Waals surface area contributed by atoms with Crippen LogP contribution in [-0.2, 0) is 9.53 Å². The lowest BCUT2D eigenvalue weighted by atomic mass is 10.1. The van der Waals surface area contributed by atoms with E-state index in [0.717, 1.165) is 32.1 Å². The molecular formula is C19H22O3. The molecule has 0 radical (unpaired) electrons. The van der Waals surface area contributed by atoms with E-state index in [4.69, 9.17) is 4.42 Å². The average molecular weight is 298 g/mol. The number of carbonyl (C=O) groups is 1. The van der Waals surface area contributed by atoms with Crippen molar-refractivity contribution < 1.29 is 13.9 Å². The lowest BCUT2D eigenvalue weighted by Gasteiger charge is -1.99.